The Balaban J connectivity index is 1.89. The number of H-pyrrole nitrogens is 1. The molecule has 0 spiro atoms. The third-order valence-electron chi connectivity index (χ3n) is 3.83. The van der Waals surface area contributed by atoms with Gasteiger partial charge < -0.3 is 9.80 Å². The number of nitrogens with zero attached hydrogens (tertiary/aromatic N) is 3. The topological polar surface area (TPSA) is 35.2 Å². The maximum Gasteiger partial charge on any atom is 0.0698 e. The summed E-state index contributed by atoms with van der Waals surface area (Å²) in [6, 6.07) is 6.65. The van der Waals surface area contributed by atoms with Gasteiger partial charge in [0.05, 0.1) is 11.2 Å². The molecule has 0 saturated carbocycles. The highest BCUT2D eigenvalue weighted by Crippen LogP contribution is 2.23. The van der Waals surface area contributed by atoms with E-state index in [-0.39, 0.29) is 0 Å². The molecule has 1 aliphatic rings. The zero-order valence-electron chi connectivity index (χ0n) is 11.1. The number of hydrogen-bond acceptors (Lipinski definition) is 3. The van der Waals surface area contributed by atoms with E-state index in [1.54, 1.807) is 0 Å². The predicted molar refractivity (Wildman–Crippen MR) is 75.2 cm³/mol. The number of nitrogens with one attached hydrogen (secondary N) is 1. The average molecular weight is 244 g/mol. The van der Waals surface area contributed by atoms with Crippen LogP contribution in [0.3, 0.4) is 0 Å². The highest BCUT2D eigenvalue weighted by Gasteiger charge is 2.15. The molecule has 0 bridgehead atoms. The number of aromatic amines is 1. The average Bonchev–Trinajstić information content (AvgIpc) is 2.81. The fraction of sp³-hybridized carbons (Fsp3) is 0.500. The molecule has 1 saturated heterocycles. The Morgan fingerprint density at radius 3 is 2.72 bits per heavy atom. The van der Waals surface area contributed by atoms with Crippen molar-refractivity contribution in [2.24, 2.45) is 0 Å². The van der Waals surface area contributed by atoms with Crippen molar-refractivity contribution in [3.8, 4) is 0 Å². The van der Waals surface area contributed by atoms with Crippen molar-refractivity contribution in [2.45, 2.75) is 13.3 Å². The van der Waals surface area contributed by atoms with Gasteiger partial charge in [0, 0.05) is 37.3 Å². The molecule has 3 rings (SSSR count). The first-order valence-electron chi connectivity index (χ1n) is 6.68. The molecular formula is C14H20N4. The molecule has 96 valence electrons. The second-order valence-corrected chi connectivity index (χ2v) is 5.04. The zero-order chi connectivity index (χ0) is 12.5. The summed E-state index contributed by atoms with van der Waals surface area (Å²) in [6.07, 6.45) is 0.980. The van der Waals surface area contributed by atoms with E-state index in [1.165, 1.54) is 11.1 Å². The Bertz CT molecular complexity index is 538. The Kier molecular flexibility index (Phi) is 2.96. The van der Waals surface area contributed by atoms with E-state index in [9.17, 15) is 0 Å². The molecule has 0 aliphatic carbocycles. The third kappa shape index (κ3) is 1.97. The molecule has 1 aromatic carbocycles. The van der Waals surface area contributed by atoms with Crippen LogP contribution in [-0.4, -0.2) is 48.3 Å². The lowest BCUT2D eigenvalue weighted by atomic mass is 10.1. The summed E-state index contributed by atoms with van der Waals surface area (Å²) in [6.45, 7) is 6.64. The number of rotatable bonds is 2. The largest absolute Gasteiger partial charge is 0.369 e. The second-order valence-electron chi connectivity index (χ2n) is 5.04. The lowest BCUT2D eigenvalue weighted by molar-refractivity contribution is 0.313. The Labute approximate surface area is 108 Å². The Morgan fingerprint density at radius 2 is 2.00 bits per heavy atom. The minimum Gasteiger partial charge on any atom is -0.369 e. The molecule has 0 radical (unpaired) electrons. The smallest absolute Gasteiger partial charge is 0.0698 e. The van der Waals surface area contributed by atoms with Gasteiger partial charge in [0.1, 0.15) is 0 Å². The molecule has 1 aromatic heterocycles. The molecule has 0 unspecified atom stereocenters. The molecule has 0 atom stereocenters. The standard InChI is InChI=1S/C14H20N4/c1-3-13-12-5-4-11(10-14(12)16-15-13)18-8-6-17(2)7-9-18/h4-5,10H,3,6-9H2,1-2H3,(H,15,16). The molecule has 4 heteroatoms. The summed E-state index contributed by atoms with van der Waals surface area (Å²) in [5.41, 5.74) is 3.63. The first kappa shape index (κ1) is 11.5. The monoisotopic (exact) mass is 244 g/mol. The van der Waals surface area contributed by atoms with Crippen LogP contribution in [0.2, 0.25) is 0 Å². The van der Waals surface area contributed by atoms with Gasteiger partial charge in [-0.2, -0.15) is 5.10 Å². The number of piperazine rings is 1. The van der Waals surface area contributed by atoms with Gasteiger partial charge in [-0.15, -0.1) is 0 Å². The number of likely N-dealkylation sites (N-methyl/N-ethyl adjacent to an activating group) is 1. The fourth-order valence-electron chi connectivity index (χ4n) is 2.60. The van der Waals surface area contributed by atoms with Gasteiger partial charge in [0.25, 0.3) is 0 Å². The first-order valence-corrected chi connectivity index (χ1v) is 6.68. The quantitative estimate of drug-likeness (QED) is 0.876. The van der Waals surface area contributed by atoms with Crippen molar-refractivity contribution in [3.05, 3.63) is 23.9 Å². The van der Waals surface area contributed by atoms with Crippen LogP contribution >= 0.6 is 0 Å². The first-order chi connectivity index (χ1) is 8.78. The van der Waals surface area contributed by atoms with E-state index in [0.29, 0.717) is 0 Å². The SMILES string of the molecule is CCc1n[nH]c2cc(N3CCN(C)CC3)ccc12. The van der Waals surface area contributed by atoms with Gasteiger partial charge in [0.2, 0.25) is 0 Å². The van der Waals surface area contributed by atoms with Crippen molar-refractivity contribution in [3.63, 3.8) is 0 Å². The van der Waals surface area contributed by atoms with Crippen LogP contribution in [0.5, 0.6) is 0 Å². The predicted octanol–water partition coefficient (Wildman–Crippen LogP) is 1.88. The highest BCUT2D eigenvalue weighted by molar-refractivity contribution is 5.84. The minimum atomic E-state index is 0.980. The van der Waals surface area contributed by atoms with Crippen LogP contribution in [0.4, 0.5) is 5.69 Å². The maximum atomic E-state index is 4.36. The van der Waals surface area contributed by atoms with Crippen molar-refractivity contribution < 1.29 is 0 Å². The van der Waals surface area contributed by atoms with E-state index >= 15 is 0 Å². The van der Waals surface area contributed by atoms with E-state index in [1.807, 2.05) is 0 Å². The maximum absolute atomic E-state index is 4.36. The summed E-state index contributed by atoms with van der Waals surface area (Å²) in [5.74, 6) is 0. The Morgan fingerprint density at radius 1 is 1.22 bits per heavy atom. The number of benzene rings is 1. The molecule has 4 nitrogen and oxygen atoms in total. The van der Waals surface area contributed by atoms with Gasteiger partial charge in [-0.1, -0.05) is 6.92 Å². The van der Waals surface area contributed by atoms with E-state index < -0.39 is 0 Å². The number of hydrogen-bond donors (Lipinski definition) is 1. The fourth-order valence-corrected chi connectivity index (χ4v) is 2.60. The second kappa shape index (κ2) is 4.61. The van der Waals surface area contributed by atoms with E-state index in [0.717, 1.165) is 43.8 Å². The number of anilines is 1. The van der Waals surface area contributed by atoms with Crippen LogP contribution < -0.4 is 4.90 Å². The summed E-state index contributed by atoms with van der Waals surface area (Å²) in [5, 5.41) is 8.76. The molecular weight excluding hydrogens is 224 g/mol. The van der Waals surface area contributed by atoms with Gasteiger partial charge in [-0.05, 0) is 31.7 Å². The van der Waals surface area contributed by atoms with Crippen LogP contribution in [0.25, 0.3) is 10.9 Å². The molecule has 0 amide bonds. The normalized spacial score (nSPS) is 17.6. The van der Waals surface area contributed by atoms with Gasteiger partial charge >= 0.3 is 0 Å². The number of aromatic nitrogens is 2. The van der Waals surface area contributed by atoms with Gasteiger partial charge in [-0.25, -0.2) is 0 Å². The van der Waals surface area contributed by atoms with Gasteiger partial charge in [0.15, 0.2) is 0 Å². The highest BCUT2D eigenvalue weighted by atomic mass is 15.2. The summed E-state index contributed by atoms with van der Waals surface area (Å²) < 4.78 is 0. The molecule has 1 aliphatic heterocycles. The summed E-state index contributed by atoms with van der Waals surface area (Å²) in [7, 11) is 2.18. The summed E-state index contributed by atoms with van der Waals surface area (Å²) in [4.78, 5) is 4.83. The Hall–Kier alpha value is -1.55. The molecule has 1 fully saturated rings. The minimum absolute atomic E-state index is 0.980. The molecule has 2 heterocycles. The van der Waals surface area contributed by atoms with Crippen molar-refractivity contribution in [2.75, 3.05) is 38.1 Å². The van der Waals surface area contributed by atoms with Crippen LogP contribution in [0.15, 0.2) is 18.2 Å². The number of aryl methyl sites for hydroxylation is 1. The summed E-state index contributed by atoms with van der Waals surface area (Å²) >= 11 is 0. The molecule has 2 aromatic rings. The third-order valence-corrected chi connectivity index (χ3v) is 3.83. The van der Waals surface area contributed by atoms with Crippen molar-refractivity contribution in [1.29, 1.82) is 0 Å². The molecule has 18 heavy (non-hydrogen) atoms. The van der Waals surface area contributed by atoms with Crippen molar-refractivity contribution >= 4 is 16.6 Å². The zero-order valence-corrected chi connectivity index (χ0v) is 11.1. The van der Waals surface area contributed by atoms with E-state index in [2.05, 4.69) is 52.2 Å². The van der Waals surface area contributed by atoms with Crippen LogP contribution in [-0.2, 0) is 6.42 Å². The van der Waals surface area contributed by atoms with Crippen molar-refractivity contribution in [1.82, 2.24) is 15.1 Å². The lowest BCUT2D eigenvalue weighted by Gasteiger charge is -2.34. The van der Waals surface area contributed by atoms with Crippen LogP contribution in [0.1, 0.15) is 12.6 Å². The number of fused-ring (bicyclic) bond motifs is 1. The van der Waals surface area contributed by atoms with Gasteiger partial charge in [-0.3, -0.25) is 5.10 Å². The van der Waals surface area contributed by atoms with Crippen LogP contribution in [0, 0.1) is 0 Å². The molecule has 1 N–H and O–H groups in total. The lowest BCUT2D eigenvalue weighted by Crippen LogP contribution is -2.44. The van der Waals surface area contributed by atoms with E-state index in [4.69, 9.17) is 0 Å².